The van der Waals surface area contributed by atoms with E-state index in [4.69, 9.17) is 0 Å². The van der Waals surface area contributed by atoms with Crippen LogP contribution in [0.15, 0.2) is 48.5 Å². The summed E-state index contributed by atoms with van der Waals surface area (Å²) in [6.45, 7) is 6.44. The van der Waals surface area contributed by atoms with Crippen LogP contribution in [0.25, 0.3) is 11.1 Å². The molecule has 1 fully saturated rings. The lowest BCUT2D eigenvalue weighted by Crippen LogP contribution is -2.42. The van der Waals surface area contributed by atoms with E-state index in [9.17, 15) is 13.2 Å². The predicted molar refractivity (Wildman–Crippen MR) is 122 cm³/mol. The smallest absolute Gasteiger partial charge is 0.223 e. The highest BCUT2D eigenvalue weighted by Gasteiger charge is 2.35. The number of hydrogen-bond donors (Lipinski definition) is 1. The summed E-state index contributed by atoms with van der Waals surface area (Å²) in [5, 5.41) is -0.452. The Balaban J connectivity index is 1.83. The van der Waals surface area contributed by atoms with Gasteiger partial charge in [0.15, 0.2) is 0 Å². The molecule has 3 rings (SSSR count). The zero-order valence-electron chi connectivity index (χ0n) is 18.3. The first-order valence-corrected chi connectivity index (χ1v) is 11.8. The van der Waals surface area contributed by atoms with E-state index in [1.165, 1.54) is 0 Å². The molecule has 2 aromatic carbocycles. The average molecular weight is 430 g/mol. The maximum atomic E-state index is 12.4. The van der Waals surface area contributed by atoms with Crippen LogP contribution in [0.3, 0.4) is 0 Å². The lowest BCUT2D eigenvalue weighted by atomic mass is 9.93. The van der Waals surface area contributed by atoms with Gasteiger partial charge in [-0.05, 0) is 49.7 Å². The minimum absolute atomic E-state index is 0.0113. The van der Waals surface area contributed by atoms with Gasteiger partial charge in [-0.3, -0.25) is 4.79 Å². The first-order chi connectivity index (χ1) is 14.1. The molecule has 0 spiro atoms. The third-order valence-corrected chi connectivity index (χ3v) is 7.69. The van der Waals surface area contributed by atoms with Crippen molar-refractivity contribution in [2.45, 2.75) is 38.0 Å². The van der Waals surface area contributed by atoms with Crippen LogP contribution >= 0.6 is 0 Å². The standard InChI is InChI=1S/C23H31N3O3S/c1-16(2)30(28,29)24-23-15-25(4)14-22(23)19-11-9-18(10-12-19)20-7-6-8-21(13-20)26(5)17(3)27/h6-13,16,22-24H,14-15H2,1-5H3. The summed E-state index contributed by atoms with van der Waals surface area (Å²) in [7, 11) is 0.453. The summed E-state index contributed by atoms with van der Waals surface area (Å²) in [5.41, 5.74) is 4.07. The average Bonchev–Trinajstić information content (AvgIpc) is 3.06. The van der Waals surface area contributed by atoms with E-state index in [1.54, 1.807) is 32.7 Å². The number of carbonyl (C=O) groups is 1. The SMILES string of the molecule is CC(=O)N(C)c1cccc(-c2ccc(C3CN(C)CC3NS(=O)(=O)C(C)C)cc2)c1. The fraction of sp³-hybridized carbons (Fsp3) is 0.435. The van der Waals surface area contributed by atoms with Crippen LogP contribution in [0, 0.1) is 0 Å². The maximum Gasteiger partial charge on any atom is 0.223 e. The number of rotatable bonds is 6. The normalized spacial score (nSPS) is 19.9. The van der Waals surface area contributed by atoms with Crippen LogP contribution in [-0.4, -0.2) is 57.7 Å². The highest BCUT2D eigenvalue weighted by Crippen LogP contribution is 2.30. The van der Waals surface area contributed by atoms with Crippen LogP contribution in [0.5, 0.6) is 0 Å². The van der Waals surface area contributed by atoms with Crippen molar-refractivity contribution in [3.05, 3.63) is 54.1 Å². The molecule has 0 saturated carbocycles. The fourth-order valence-corrected chi connectivity index (χ4v) is 4.74. The van der Waals surface area contributed by atoms with Crippen molar-refractivity contribution in [3.8, 4) is 11.1 Å². The van der Waals surface area contributed by atoms with Gasteiger partial charge in [0.05, 0.1) is 5.25 Å². The minimum Gasteiger partial charge on any atom is -0.316 e. The molecule has 0 aromatic heterocycles. The lowest BCUT2D eigenvalue weighted by Gasteiger charge is -2.22. The zero-order chi connectivity index (χ0) is 22.1. The second-order valence-corrected chi connectivity index (χ2v) is 10.7. The van der Waals surface area contributed by atoms with E-state index in [0.29, 0.717) is 6.54 Å². The minimum atomic E-state index is -3.33. The van der Waals surface area contributed by atoms with Gasteiger partial charge in [0, 0.05) is 44.7 Å². The molecule has 2 aromatic rings. The Morgan fingerprint density at radius 2 is 1.77 bits per heavy atom. The monoisotopic (exact) mass is 429 g/mol. The summed E-state index contributed by atoms with van der Waals surface area (Å²) in [4.78, 5) is 15.4. The summed E-state index contributed by atoms with van der Waals surface area (Å²) in [6.07, 6.45) is 0. The van der Waals surface area contributed by atoms with Crippen molar-refractivity contribution in [1.29, 1.82) is 0 Å². The Kier molecular flexibility index (Phi) is 6.65. The number of carbonyl (C=O) groups excluding carboxylic acids is 1. The molecule has 1 aliphatic heterocycles. The van der Waals surface area contributed by atoms with Crippen LogP contribution in [0.1, 0.15) is 32.3 Å². The predicted octanol–water partition coefficient (Wildman–Crippen LogP) is 3.06. The summed E-state index contributed by atoms with van der Waals surface area (Å²) in [5.74, 6) is 0.0931. The maximum absolute atomic E-state index is 12.4. The highest BCUT2D eigenvalue weighted by molar-refractivity contribution is 7.90. The van der Waals surface area contributed by atoms with Gasteiger partial charge in [0.2, 0.25) is 15.9 Å². The Morgan fingerprint density at radius 1 is 1.10 bits per heavy atom. The number of nitrogens with zero attached hydrogens (tertiary/aromatic N) is 2. The molecule has 0 aliphatic carbocycles. The van der Waals surface area contributed by atoms with Crippen LogP contribution in [0.2, 0.25) is 0 Å². The molecule has 1 aliphatic rings. The second kappa shape index (κ2) is 8.88. The second-order valence-electron chi connectivity index (χ2n) is 8.40. The van der Waals surface area contributed by atoms with Gasteiger partial charge in [-0.15, -0.1) is 0 Å². The van der Waals surface area contributed by atoms with Crippen molar-refractivity contribution in [3.63, 3.8) is 0 Å². The Labute approximate surface area is 179 Å². The van der Waals surface area contributed by atoms with E-state index < -0.39 is 15.3 Å². The molecule has 0 radical (unpaired) electrons. The molecule has 1 heterocycles. The van der Waals surface area contributed by atoms with Gasteiger partial charge in [0.1, 0.15) is 0 Å². The van der Waals surface area contributed by atoms with Crippen molar-refractivity contribution in [2.24, 2.45) is 0 Å². The third-order valence-electron chi connectivity index (χ3n) is 5.82. The van der Waals surface area contributed by atoms with E-state index in [0.717, 1.165) is 28.9 Å². The number of hydrogen-bond acceptors (Lipinski definition) is 4. The van der Waals surface area contributed by atoms with Crippen molar-refractivity contribution in [2.75, 3.05) is 32.1 Å². The molecule has 1 amide bonds. The first kappa shape index (κ1) is 22.5. The summed E-state index contributed by atoms with van der Waals surface area (Å²) >= 11 is 0. The molecule has 6 nitrogen and oxygen atoms in total. The topological polar surface area (TPSA) is 69.7 Å². The van der Waals surface area contributed by atoms with Gasteiger partial charge in [-0.25, -0.2) is 13.1 Å². The third kappa shape index (κ3) is 4.91. The Hall–Kier alpha value is -2.22. The van der Waals surface area contributed by atoms with Crippen molar-refractivity contribution in [1.82, 2.24) is 9.62 Å². The molecule has 2 unspecified atom stereocenters. The van der Waals surface area contributed by atoms with E-state index >= 15 is 0 Å². The van der Waals surface area contributed by atoms with Crippen LogP contribution in [-0.2, 0) is 14.8 Å². The zero-order valence-corrected chi connectivity index (χ0v) is 19.1. The molecular formula is C23H31N3O3S. The van der Waals surface area contributed by atoms with Crippen molar-refractivity contribution < 1.29 is 13.2 Å². The number of benzene rings is 2. The molecule has 1 saturated heterocycles. The number of amides is 1. The summed E-state index contributed by atoms with van der Waals surface area (Å²) < 4.78 is 27.7. The van der Waals surface area contributed by atoms with Gasteiger partial charge in [-0.1, -0.05) is 36.4 Å². The van der Waals surface area contributed by atoms with Crippen molar-refractivity contribution >= 4 is 21.6 Å². The molecule has 1 N–H and O–H groups in total. The quantitative estimate of drug-likeness (QED) is 0.766. The molecular weight excluding hydrogens is 398 g/mol. The molecule has 2 atom stereocenters. The van der Waals surface area contributed by atoms with E-state index in [2.05, 4.69) is 33.9 Å². The lowest BCUT2D eigenvalue weighted by molar-refractivity contribution is -0.116. The Morgan fingerprint density at radius 3 is 2.37 bits per heavy atom. The Bertz CT molecular complexity index is 1000. The molecule has 0 bridgehead atoms. The molecule has 7 heteroatoms. The van der Waals surface area contributed by atoms with Gasteiger partial charge in [0.25, 0.3) is 0 Å². The van der Waals surface area contributed by atoms with E-state index in [-0.39, 0.29) is 17.9 Å². The van der Waals surface area contributed by atoms with Crippen LogP contribution < -0.4 is 9.62 Å². The summed E-state index contributed by atoms with van der Waals surface area (Å²) in [6, 6.07) is 16.0. The van der Waals surface area contributed by atoms with E-state index in [1.807, 2.05) is 31.3 Å². The van der Waals surface area contributed by atoms with Crippen LogP contribution in [0.4, 0.5) is 5.69 Å². The van der Waals surface area contributed by atoms with Gasteiger partial charge >= 0.3 is 0 Å². The number of likely N-dealkylation sites (tertiary alicyclic amines) is 1. The number of anilines is 1. The fourth-order valence-electron chi connectivity index (χ4n) is 3.80. The molecule has 30 heavy (non-hydrogen) atoms. The van der Waals surface area contributed by atoms with Gasteiger partial charge < -0.3 is 9.80 Å². The molecule has 162 valence electrons. The van der Waals surface area contributed by atoms with Gasteiger partial charge in [-0.2, -0.15) is 0 Å². The first-order valence-electron chi connectivity index (χ1n) is 10.2. The highest BCUT2D eigenvalue weighted by atomic mass is 32.2. The largest absolute Gasteiger partial charge is 0.316 e. The number of nitrogens with one attached hydrogen (secondary N) is 1. The number of likely N-dealkylation sites (N-methyl/N-ethyl adjacent to an activating group) is 1. The number of sulfonamides is 1.